The zero-order valence-electron chi connectivity index (χ0n) is 9.80. The number of carbonyl (C=O) groups is 1. The molecule has 0 aliphatic heterocycles. The number of amides is 1. The van der Waals surface area contributed by atoms with Gasteiger partial charge in [0.2, 0.25) is 5.91 Å². The monoisotopic (exact) mass is 261 g/mol. The average Bonchev–Trinajstić information content (AvgIpc) is 2.89. The first-order valence-corrected chi connectivity index (χ1v) is 5.76. The third-order valence-electron chi connectivity index (χ3n) is 2.43. The Morgan fingerprint density at radius 3 is 2.94 bits per heavy atom. The maximum absolute atomic E-state index is 11.1. The largest absolute Gasteiger partial charge is 0.356 e. The molecule has 18 heavy (non-hydrogen) atoms. The van der Waals surface area contributed by atoms with Crippen LogP contribution in [0.4, 0.5) is 0 Å². The predicted octanol–water partition coefficient (Wildman–Crippen LogP) is 2.28. The molecule has 0 bridgehead atoms. The van der Waals surface area contributed by atoms with Gasteiger partial charge in [-0.3, -0.25) is 4.79 Å². The van der Waals surface area contributed by atoms with Crippen molar-refractivity contribution in [1.29, 1.82) is 0 Å². The van der Waals surface area contributed by atoms with Crippen LogP contribution in [0, 0.1) is 0 Å². The van der Waals surface area contributed by atoms with Gasteiger partial charge in [-0.25, -0.2) is 4.98 Å². The fourth-order valence-corrected chi connectivity index (χ4v) is 1.78. The van der Waals surface area contributed by atoms with Gasteiger partial charge in [0.25, 0.3) is 0 Å². The van der Waals surface area contributed by atoms with Crippen molar-refractivity contribution in [3.63, 3.8) is 0 Å². The SMILES string of the molecule is CNC(=O)/C=C/c1ccc(-n2ccnc2)c(Cl)c1. The topological polar surface area (TPSA) is 46.9 Å². The van der Waals surface area contributed by atoms with Crippen molar-refractivity contribution in [3.8, 4) is 5.69 Å². The Balaban J connectivity index is 2.25. The highest BCUT2D eigenvalue weighted by Gasteiger charge is 2.02. The molecular weight excluding hydrogens is 250 g/mol. The quantitative estimate of drug-likeness (QED) is 0.862. The van der Waals surface area contributed by atoms with E-state index in [4.69, 9.17) is 11.6 Å². The van der Waals surface area contributed by atoms with Crippen LogP contribution < -0.4 is 5.32 Å². The minimum absolute atomic E-state index is 0.148. The summed E-state index contributed by atoms with van der Waals surface area (Å²) < 4.78 is 1.83. The van der Waals surface area contributed by atoms with Gasteiger partial charge in [-0.2, -0.15) is 0 Å². The Hall–Kier alpha value is -2.07. The van der Waals surface area contributed by atoms with Gasteiger partial charge in [0.1, 0.15) is 0 Å². The van der Waals surface area contributed by atoms with Crippen molar-refractivity contribution in [2.24, 2.45) is 0 Å². The second-order valence-electron chi connectivity index (χ2n) is 3.63. The van der Waals surface area contributed by atoms with E-state index in [-0.39, 0.29) is 5.91 Å². The molecule has 0 fully saturated rings. The van der Waals surface area contributed by atoms with Crippen molar-refractivity contribution in [2.75, 3.05) is 7.05 Å². The molecule has 92 valence electrons. The van der Waals surface area contributed by atoms with Gasteiger partial charge in [0.15, 0.2) is 0 Å². The molecule has 5 heteroatoms. The number of hydrogen-bond donors (Lipinski definition) is 1. The highest BCUT2D eigenvalue weighted by molar-refractivity contribution is 6.32. The Morgan fingerprint density at radius 1 is 1.50 bits per heavy atom. The molecule has 0 aliphatic carbocycles. The number of benzene rings is 1. The molecule has 0 radical (unpaired) electrons. The van der Waals surface area contributed by atoms with Gasteiger partial charge >= 0.3 is 0 Å². The minimum Gasteiger partial charge on any atom is -0.356 e. The number of nitrogens with zero attached hydrogens (tertiary/aromatic N) is 2. The maximum Gasteiger partial charge on any atom is 0.243 e. The first-order chi connectivity index (χ1) is 8.70. The van der Waals surface area contributed by atoms with E-state index in [0.717, 1.165) is 11.3 Å². The lowest BCUT2D eigenvalue weighted by atomic mass is 10.2. The summed E-state index contributed by atoms with van der Waals surface area (Å²) in [5.41, 5.74) is 1.72. The van der Waals surface area contributed by atoms with Crippen molar-refractivity contribution in [2.45, 2.75) is 0 Å². The van der Waals surface area contributed by atoms with Gasteiger partial charge in [0, 0.05) is 25.5 Å². The molecule has 1 heterocycles. The van der Waals surface area contributed by atoms with Crippen LogP contribution in [-0.2, 0) is 4.79 Å². The lowest BCUT2D eigenvalue weighted by Crippen LogP contribution is -2.13. The fraction of sp³-hybridized carbons (Fsp3) is 0.0769. The summed E-state index contributed by atoms with van der Waals surface area (Å²) in [4.78, 5) is 15.1. The van der Waals surface area contributed by atoms with E-state index in [0.29, 0.717) is 5.02 Å². The second kappa shape index (κ2) is 5.51. The molecule has 0 atom stereocenters. The molecule has 0 saturated carbocycles. The molecule has 0 spiro atoms. The highest BCUT2D eigenvalue weighted by atomic mass is 35.5. The Kier molecular flexibility index (Phi) is 3.79. The fourth-order valence-electron chi connectivity index (χ4n) is 1.49. The van der Waals surface area contributed by atoms with E-state index in [1.165, 1.54) is 6.08 Å². The first kappa shape index (κ1) is 12.4. The van der Waals surface area contributed by atoms with Crippen LogP contribution in [0.1, 0.15) is 5.56 Å². The zero-order valence-corrected chi connectivity index (χ0v) is 10.6. The van der Waals surface area contributed by atoms with Gasteiger partial charge in [-0.1, -0.05) is 17.7 Å². The normalized spacial score (nSPS) is 10.8. The molecule has 2 rings (SSSR count). The summed E-state index contributed by atoms with van der Waals surface area (Å²) in [6.45, 7) is 0. The first-order valence-electron chi connectivity index (χ1n) is 5.38. The molecular formula is C13H12ClN3O. The predicted molar refractivity (Wildman–Crippen MR) is 71.7 cm³/mol. The number of halogens is 1. The minimum atomic E-state index is -0.148. The van der Waals surface area contributed by atoms with Crippen molar-refractivity contribution >= 4 is 23.6 Å². The number of rotatable bonds is 3. The van der Waals surface area contributed by atoms with Crippen LogP contribution in [-0.4, -0.2) is 22.5 Å². The van der Waals surface area contributed by atoms with E-state index in [2.05, 4.69) is 10.3 Å². The average molecular weight is 262 g/mol. The smallest absolute Gasteiger partial charge is 0.243 e. The molecule has 0 aliphatic rings. The third kappa shape index (κ3) is 2.78. The van der Waals surface area contributed by atoms with E-state index < -0.39 is 0 Å². The van der Waals surface area contributed by atoms with E-state index in [1.807, 2.05) is 22.9 Å². The van der Waals surface area contributed by atoms with Gasteiger partial charge in [-0.05, 0) is 23.8 Å². The molecule has 4 nitrogen and oxygen atoms in total. The van der Waals surface area contributed by atoms with E-state index in [9.17, 15) is 4.79 Å². The number of aromatic nitrogens is 2. The Bertz CT molecular complexity index is 576. The van der Waals surface area contributed by atoms with E-state index in [1.54, 1.807) is 31.7 Å². The summed E-state index contributed by atoms with van der Waals surface area (Å²) in [5, 5.41) is 3.12. The highest BCUT2D eigenvalue weighted by Crippen LogP contribution is 2.22. The standard InChI is InChI=1S/C13H12ClN3O/c1-15-13(18)5-3-10-2-4-12(11(14)8-10)17-7-6-16-9-17/h2-9H,1H3,(H,15,18)/b5-3+. The molecule has 1 amide bonds. The van der Waals surface area contributed by atoms with Crippen LogP contribution >= 0.6 is 11.6 Å². The van der Waals surface area contributed by atoms with Gasteiger partial charge in [-0.15, -0.1) is 0 Å². The van der Waals surface area contributed by atoms with Crippen LogP contribution in [0.2, 0.25) is 5.02 Å². The Labute approximate surface area is 110 Å². The summed E-state index contributed by atoms with van der Waals surface area (Å²) in [5.74, 6) is -0.148. The molecule has 0 saturated heterocycles. The maximum atomic E-state index is 11.1. The summed E-state index contributed by atoms with van der Waals surface area (Å²) in [6.07, 6.45) is 8.36. The third-order valence-corrected chi connectivity index (χ3v) is 2.73. The van der Waals surface area contributed by atoms with Crippen LogP contribution in [0.15, 0.2) is 43.0 Å². The number of carbonyl (C=O) groups excluding carboxylic acids is 1. The number of likely N-dealkylation sites (N-methyl/N-ethyl adjacent to an activating group) is 1. The van der Waals surface area contributed by atoms with Crippen LogP contribution in [0.5, 0.6) is 0 Å². The number of imidazole rings is 1. The van der Waals surface area contributed by atoms with Crippen molar-refractivity contribution in [1.82, 2.24) is 14.9 Å². The number of hydrogen-bond acceptors (Lipinski definition) is 2. The van der Waals surface area contributed by atoms with Crippen LogP contribution in [0.25, 0.3) is 11.8 Å². The van der Waals surface area contributed by atoms with Crippen LogP contribution in [0.3, 0.4) is 0 Å². The molecule has 1 N–H and O–H groups in total. The van der Waals surface area contributed by atoms with E-state index >= 15 is 0 Å². The van der Waals surface area contributed by atoms with Gasteiger partial charge in [0.05, 0.1) is 17.0 Å². The van der Waals surface area contributed by atoms with Crippen molar-refractivity contribution < 1.29 is 4.79 Å². The van der Waals surface area contributed by atoms with Gasteiger partial charge < -0.3 is 9.88 Å². The number of nitrogens with one attached hydrogen (secondary N) is 1. The summed E-state index contributed by atoms with van der Waals surface area (Å²) >= 11 is 6.19. The molecule has 1 aromatic heterocycles. The summed E-state index contributed by atoms with van der Waals surface area (Å²) in [7, 11) is 1.59. The lowest BCUT2D eigenvalue weighted by molar-refractivity contribution is -0.115. The van der Waals surface area contributed by atoms with Crippen molar-refractivity contribution in [3.05, 3.63) is 53.6 Å². The molecule has 2 aromatic rings. The summed E-state index contributed by atoms with van der Waals surface area (Å²) in [6, 6.07) is 5.57. The Morgan fingerprint density at radius 2 is 2.33 bits per heavy atom. The second-order valence-corrected chi connectivity index (χ2v) is 4.04. The molecule has 0 unspecified atom stereocenters. The zero-order chi connectivity index (χ0) is 13.0. The lowest BCUT2D eigenvalue weighted by Gasteiger charge is -2.05. The molecule has 1 aromatic carbocycles.